The van der Waals surface area contributed by atoms with Crippen molar-refractivity contribution in [2.24, 2.45) is 0 Å². The minimum atomic E-state index is -2.71. The number of ether oxygens (including phenoxy) is 1. The molecule has 0 saturated carbocycles. The molecule has 17 heavy (non-hydrogen) atoms. The number of aromatic nitrogens is 1. The molecule has 0 aromatic carbocycles. The first-order valence-corrected chi connectivity index (χ1v) is 5.42. The van der Waals surface area contributed by atoms with Crippen LogP contribution in [0, 0.1) is 6.92 Å². The van der Waals surface area contributed by atoms with Crippen molar-refractivity contribution in [2.75, 3.05) is 6.61 Å². The van der Waals surface area contributed by atoms with Crippen LogP contribution in [-0.4, -0.2) is 17.6 Å². The summed E-state index contributed by atoms with van der Waals surface area (Å²) in [6.45, 7) is 3.42. The highest BCUT2D eigenvalue weighted by Crippen LogP contribution is 2.30. The molecule has 0 atom stereocenters. The van der Waals surface area contributed by atoms with Gasteiger partial charge < -0.3 is 4.74 Å². The molecule has 0 saturated heterocycles. The van der Waals surface area contributed by atoms with Crippen molar-refractivity contribution in [3.05, 3.63) is 28.0 Å². The number of esters is 1. The maximum absolute atomic E-state index is 12.7. The quantitative estimate of drug-likeness (QED) is 0.619. The molecule has 1 heterocycles. The predicted octanol–water partition coefficient (Wildman–Crippen LogP) is 3.09. The SMILES string of the molecule is CCOC(=O)Cc1cnc(Cl)c(C(F)F)c1C. The summed E-state index contributed by atoms with van der Waals surface area (Å²) >= 11 is 5.59. The van der Waals surface area contributed by atoms with Crippen LogP contribution in [0.1, 0.15) is 30.0 Å². The first-order valence-electron chi connectivity index (χ1n) is 5.05. The summed E-state index contributed by atoms with van der Waals surface area (Å²) in [6.07, 6.45) is -1.47. The first kappa shape index (κ1) is 13.8. The Hall–Kier alpha value is -1.23. The van der Waals surface area contributed by atoms with Crippen molar-refractivity contribution in [2.45, 2.75) is 26.7 Å². The molecule has 0 radical (unpaired) electrons. The van der Waals surface area contributed by atoms with E-state index in [1.54, 1.807) is 6.92 Å². The van der Waals surface area contributed by atoms with Crippen LogP contribution in [0.3, 0.4) is 0 Å². The van der Waals surface area contributed by atoms with Crippen LogP contribution in [0.15, 0.2) is 6.20 Å². The molecule has 1 aromatic rings. The summed E-state index contributed by atoms with van der Waals surface area (Å²) in [7, 11) is 0. The lowest BCUT2D eigenvalue weighted by molar-refractivity contribution is -0.142. The Morgan fingerprint density at radius 1 is 1.59 bits per heavy atom. The summed E-state index contributed by atoms with van der Waals surface area (Å²) in [4.78, 5) is 14.9. The van der Waals surface area contributed by atoms with Gasteiger partial charge in [0.25, 0.3) is 6.43 Å². The standard InChI is InChI=1S/C11H12ClF2NO2/c1-3-17-8(16)4-7-5-15-10(12)9(6(7)2)11(13)14/h5,11H,3-4H2,1-2H3. The van der Waals surface area contributed by atoms with E-state index in [0.29, 0.717) is 5.56 Å². The van der Waals surface area contributed by atoms with Crippen LogP contribution >= 0.6 is 11.6 Å². The van der Waals surface area contributed by atoms with E-state index in [1.165, 1.54) is 13.1 Å². The zero-order valence-corrected chi connectivity index (χ0v) is 10.2. The molecular formula is C11H12ClF2NO2. The van der Waals surface area contributed by atoms with E-state index in [9.17, 15) is 13.6 Å². The topological polar surface area (TPSA) is 39.2 Å². The van der Waals surface area contributed by atoms with Gasteiger partial charge in [-0.1, -0.05) is 11.6 Å². The summed E-state index contributed by atoms with van der Waals surface area (Å²) in [5.74, 6) is -0.472. The second-order valence-corrected chi connectivity index (χ2v) is 3.75. The minimum absolute atomic E-state index is 0.0798. The van der Waals surface area contributed by atoms with Gasteiger partial charge in [-0.2, -0.15) is 0 Å². The molecule has 0 aliphatic rings. The smallest absolute Gasteiger partial charge is 0.310 e. The fourth-order valence-electron chi connectivity index (χ4n) is 1.43. The van der Waals surface area contributed by atoms with E-state index in [2.05, 4.69) is 4.98 Å². The molecular weight excluding hydrogens is 252 g/mol. The Balaban J connectivity index is 3.02. The summed E-state index contributed by atoms with van der Waals surface area (Å²) in [6, 6.07) is 0. The van der Waals surface area contributed by atoms with Gasteiger partial charge in [0, 0.05) is 6.20 Å². The zero-order chi connectivity index (χ0) is 13.0. The number of hydrogen-bond donors (Lipinski definition) is 0. The Morgan fingerprint density at radius 3 is 2.76 bits per heavy atom. The van der Waals surface area contributed by atoms with Gasteiger partial charge in [-0.15, -0.1) is 0 Å². The third-order valence-electron chi connectivity index (χ3n) is 2.30. The number of carbonyl (C=O) groups is 1. The largest absolute Gasteiger partial charge is 0.466 e. The third-order valence-corrected chi connectivity index (χ3v) is 2.60. The lowest BCUT2D eigenvalue weighted by atomic mass is 10.0. The third kappa shape index (κ3) is 3.36. The highest BCUT2D eigenvalue weighted by atomic mass is 35.5. The summed E-state index contributed by atoms with van der Waals surface area (Å²) < 4.78 is 30.2. The van der Waals surface area contributed by atoms with Gasteiger partial charge >= 0.3 is 5.97 Å². The van der Waals surface area contributed by atoms with Crippen molar-refractivity contribution in [1.29, 1.82) is 0 Å². The molecule has 0 aliphatic carbocycles. The molecule has 0 spiro atoms. The Morgan fingerprint density at radius 2 is 2.24 bits per heavy atom. The van der Waals surface area contributed by atoms with Gasteiger partial charge in [0.1, 0.15) is 5.15 Å². The average molecular weight is 264 g/mol. The molecule has 1 rings (SSSR count). The molecule has 0 amide bonds. The number of pyridine rings is 1. The highest BCUT2D eigenvalue weighted by Gasteiger charge is 2.19. The van der Waals surface area contributed by atoms with Crippen molar-refractivity contribution in [3.63, 3.8) is 0 Å². The summed E-state index contributed by atoms with van der Waals surface area (Å²) in [5.41, 5.74) is 0.365. The molecule has 0 fully saturated rings. The molecule has 0 unspecified atom stereocenters. The fourth-order valence-corrected chi connectivity index (χ4v) is 1.70. The molecule has 1 aromatic heterocycles. The van der Waals surface area contributed by atoms with Gasteiger partial charge in [0.2, 0.25) is 0 Å². The monoisotopic (exact) mass is 263 g/mol. The van der Waals surface area contributed by atoms with Gasteiger partial charge in [-0.25, -0.2) is 13.8 Å². The van der Waals surface area contributed by atoms with Crippen LogP contribution in [-0.2, 0) is 16.0 Å². The van der Waals surface area contributed by atoms with Crippen LogP contribution < -0.4 is 0 Å². The Kier molecular flexibility index (Phi) is 4.81. The number of nitrogens with zero attached hydrogens (tertiary/aromatic N) is 1. The second-order valence-electron chi connectivity index (χ2n) is 3.40. The fraction of sp³-hybridized carbons (Fsp3) is 0.455. The lowest BCUT2D eigenvalue weighted by Crippen LogP contribution is -2.10. The first-order chi connectivity index (χ1) is 7.97. The minimum Gasteiger partial charge on any atom is -0.466 e. The maximum Gasteiger partial charge on any atom is 0.310 e. The van der Waals surface area contributed by atoms with Crippen LogP contribution in [0.5, 0.6) is 0 Å². The maximum atomic E-state index is 12.7. The van der Waals surface area contributed by atoms with Crippen LogP contribution in [0.4, 0.5) is 8.78 Å². The lowest BCUT2D eigenvalue weighted by Gasteiger charge is -2.11. The molecule has 3 nitrogen and oxygen atoms in total. The molecule has 0 aliphatic heterocycles. The van der Waals surface area contributed by atoms with Gasteiger partial charge in [0.05, 0.1) is 18.6 Å². The summed E-state index contributed by atoms with van der Waals surface area (Å²) in [5, 5.41) is -0.231. The number of alkyl halides is 2. The normalized spacial score (nSPS) is 10.7. The second kappa shape index (κ2) is 5.91. The van der Waals surface area contributed by atoms with E-state index in [0.717, 1.165) is 0 Å². The molecule has 6 heteroatoms. The molecule has 94 valence electrons. The van der Waals surface area contributed by atoms with Gasteiger partial charge in [0.15, 0.2) is 0 Å². The Bertz CT molecular complexity index is 424. The van der Waals surface area contributed by atoms with Gasteiger partial charge in [-0.05, 0) is 25.0 Å². The molecule has 0 N–H and O–H groups in total. The predicted molar refractivity (Wildman–Crippen MR) is 59.3 cm³/mol. The number of carbonyl (C=O) groups excluding carboxylic acids is 1. The number of hydrogen-bond acceptors (Lipinski definition) is 3. The molecule has 0 bridgehead atoms. The van der Waals surface area contributed by atoms with Crippen LogP contribution in [0.2, 0.25) is 5.15 Å². The number of halogens is 3. The van der Waals surface area contributed by atoms with E-state index in [1.807, 2.05) is 0 Å². The van der Waals surface area contributed by atoms with E-state index < -0.39 is 12.4 Å². The van der Waals surface area contributed by atoms with E-state index >= 15 is 0 Å². The van der Waals surface area contributed by atoms with Gasteiger partial charge in [-0.3, -0.25) is 4.79 Å². The number of rotatable bonds is 4. The zero-order valence-electron chi connectivity index (χ0n) is 9.47. The highest BCUT2D eigenvalue weighted by molar-refractivity contribution is 6.30. The van der Waals surface area contributed by atoms with E-state index in [4.69, 9.17) is 16.3 Å². The Labute approximate surface area is 103 Å². The van der Waals surface area contributed by atoms with Crippen molar-refractivity contribution < 1.29 is 18.3 Å². The average Bonchev–Trinajstić information content (AvgIpc) is 2.22. The van der Waals surface area contributed by atoms with Crippen LogP contribution in [0.25, 0.3) is 0 Å². The van der Waals surface area contributed by atoms with Crippen molar-refractivity contribution >= 4 is 17.6 Å². The van der Waals surface area contributed by atoms with Crippen molar-refractivity contribution in [3.8, 4) is 0 Å². The van der Waals surface area contributed by atoms with Crippen molar-refractivity contribution in [1.82, 2.24) is 4.98 Å². The van der Waals surface area contributed by atoms with E-state index in [-0.39, 0.29) is 29.3 Å².